The van der Waals surface area contributed by atoms with Crippen LogP contribution in [0.4, 0.5) is 0 Å². The molecule has 7 heteroatoms. The smallest absolute Gasteiger partial charge is 0.223 e. The van der Waals surface area contributed by atoms with Crippen molar-refractivity contribution in [3.63, 3.8) is 0 Å². The van der Waals surface area contributed by atoms with Crippen LogP contribution in [0.1, 0.15) is 58.8 Å². The highest BCUT2D eigenvalue weighted by atomic mass is 16.3. The van der Waals surface area contributed by atoms with Gasteiger partial charge < -0.3 is 26.8 Å². The Bertz CT molecular complexity index is 650. The van der Waals surface area contributed by atoms with Crippen LogP contribution in [0.2, 0.25) is 0 Å². The van der Waals surface area contributed by atoms with Gasteiger partial charge in [-0.1, -0.05) is 13.8 Å². The number of hydrogen-bond acceptors (Lipinski definition) is 6. The van der Waals surface area contributed by atoms with Gasteiger partial charge in [0.15, 0.2) is 5.96 Å². The number of aliphatic hydroxyl groups excluding tert-OH is 1. The number of carbonyl (C=O) groups excluding carboxylic acids is 1. The van der Waals surface area contributed by atoms with E-state index in [1.807, 2.05) is 0 Å². The second-order valence-corrected chi connectivity index (χ2v) is 11.2. The third kappa shape index (κ3) is 4.62. The molecule has 1 aliphatic heterocycles. The third-order valence-electron chi connectivity index (χ3n) is 8.16. The number of guanidine groups is 1. The summed E-state index contributed by atoms with van der Waals surface area (Å²) in [5, 5.41) is 19.8. The monoisotopic (exact) mass is 419 g/mol. The largest absolute Gasteiger partial charge is 0.389 e. The van der Waals surface area contributed by atoms with Gasteiger partial charge in [-0.05, 0) is 80.1 Å². The van der Waals surface area contributed by atoms with E-state index >= 15 is 0 Å². The van der Waals surface area contributed by atoms with Crippen molar-refractivity contribution in [1.82, 2.24) is 16.0 Å². The zero-order chi connectivity index (χ0) is 21.4. The first-order valence-corrected chi connectivity index (χ1v) is 12.0. The number of aliphatic imine (C=N–C) groups is 1. The molecule has 1 amide bonds. The summed E-state index contributed by atoms with van der Waals surface area (Å²) in [5.74, 6) is 2.95. The zero-order valence-electron chi connectivity index (χ0n) is 18.8. The average molecular weight is 420 g/mol. The minimum atomic E-state index is -0.379. The molecule has 170 valence electrons. The predicted molar refractivity (Wildman–Crippen MR) is 119 cm³/mol. The zero-order valence-corrected chi connectivity index (χ0v) is 18.8. The Hall–Kier alpha value is -1.34. The number of rotatable bonds is 8. The number of hydrogen-bond donors (Lipinski definition) is 5. The molecule has 0 saturated heterocycles. The minimum absolute atomic E-state index is 0.0188. The molecule has 0 aromatic carbocycles. The molecule has 4 bridgehead atoms. The molecular weight excluding hydrogens is 378 g/mol. The number of amides is 1. The molecular formula is C23H41N5O2. The molecule has 0 aromatic heterocycles. The van der Waals surface area contributed by atoms with Crippen LogP contribution in [-0.4, -0.2) is 55.8 Å². The summed E-state index contributed by atoms with van der Waals surface area (Å²) in [6.45, 7) is 7.61. The fraction of sp³-hybridized carbons (Fsp3) is 0.913. The lowest BCUT2D eigenvalue weighted by atomic mass is 9.44. The molecule has 4 saturated carbocycles. The van der Waals surface area contributed by atoms with E-state index < -0.39 is 0 Å². The van der Waals surface area contributed by atoms with Crippen LogP contribution in [-0.2, 0) is 4.79 Å². The van der Waals surface area contributed by atoms with Crippen molar-refractivity contribution in [2.75, 3.05) is 32.7 Å². The van der Waals surface area contributed by atoms with E-state index in [2.05, 4.69) is 34.8 Å². The lowest BCUT2D eigenvalue weighted by Gasteiger charge is -2.62. The summed E-state index contributed by atoms with van der Waals surface area (Å²) < 4.78 is 0. The lowest BCUT2D eigenvalue weighted by molar-refractivity contribution is -0.132. The van der Waals surface area contributed by atoms with Crippen molar-refractivity contribution in [2.45, 2.75) is 64.9 Å². The van der Waals surface area contributed by atoms with Gasteiger partial charge in [0.1, 0.15) is 0 Å². The van der Waals surface area contributed by atoms with Gasteiger partial charge in [0, 0.05) is 25.6 Å². The first kappa shape index (κ1) is 21.9. The molecule has 0 aromatic rings. The number of nitrogens with two attached hydrogens (primary N) is 1. The number of β-amino-alcohol motifs (C(OH)–C–C–N with tert-alkyl or cyclic N) is 1. The van der Waals surface area contributed by atoms with Crippen molar-refractivity contribution >= 4 is 11.9 Å². The lowest BCUT2D eigenvalue weighted by Crippen LogP contribution is -2.59. The molecule has 5 rings (SSSR count). The molecule has 5 aliphatic rings. The first-order valence-electron chi connectivity index (χ1n) is 12.0. The first-order chi connectivity index (χ1) is 14.3. The van der Waals surface area contributed by atoms with Gasteiger partial charge in [0.05, 0.1) is 12.6 Å². The van der Waals surface area contributed by atoms with Gasteiger partial charge in [0.2, 0.25) is 5.91 Å². The van der Waals surface area contributed by atoms with E-state index in [0.29, 0.717) is 31.0 Å². The van der Waals surface area contributed by atoms with Crippen molar-refractivity contribution in [2.24, 2.45) is 45.2 Å². The normalized spacial score (nSPS) is 38.2. The van der Waals surface area contributed by atoms with Crippen molar-refractivity contribution < 1.29 is 9.90 Å². The van der Waals surface area contributed by atoms with E-state index in [9.17, 15) is 9.90 Å². The Balaban J connectivity index is 1.39. The van der Waals surface area contributed by atoms with Crippen LogP contribution in [0.5, 0.6) is 0 Å². The summed E-state index contributed by atoms with van der Waals surface area (Å²) in [7, 11) is 0. The Labute approximate surface area is 181 Å². The van der Waals surface area contributed by atoms with Gasteiger partial charge in [-0.25, -0.2) is 0 Å². The molecule has 0 spiro atoms. The van der Waals surface area contributed by atoms with Gasteiger partial charge in [-0.15, -0.1) is 0 Å². The van der Waals surface area contributed by atoms with E-state index in [0.717, 1.165) is 37.3 Å². The minimum Gasteiger partial charge on any atom is -0.389 e. The van der Waals surface area contributed by atoms with E-state index in [4.69, 9.17) is 5.73 Å². The Morgan fingerprint density at radius 2 is 1.90 bits per heavy atom. The molecule has 30 heavy (non-hydrogen) atoms. The maximum Gasteiger partial charge on any atom is 0.223 e. The molecule has 4 fully saturated rings. The molecule has 4 atom stereocenters. The molecule has 6 N–H and O–H groups in total. The van der Waals surface area contributed by atoms with Gasteiger partial charge in [-0.2, -0.15) is 0 Å². The van der Waals surface area contributed by atoms with Crippen LogP contribution in [0.3, 0.4) is 0 Å². The van der Waals surface area contributed by atoms with Crippen molar-refractivity contribution in [3.8, 4) is 0 Å². The van der Waals surface area contributed by atoms with Gasteiger partial charge >= 0.3 is 0 Å². The molecule has 1 heterocycles. The quantitative estimate of drug-likeness (QED) is 0.406. The second kappa shape index (κ2) is 8.65. The summed E-state index contributed by atoms with van der Waals surface area (Å²) in [6, 6.07) is 0. The summed E-state index contributed by atoms with van der Waals surface area (Å²) in [6.07, 6.45) is 8.06. The summed E-state index contributed by atoms with van der Waals surface area (Å²) >= 11 is 0. The number of nitrogens with zero attached hydrogens (tertiary/aromatic N) is 1. The SMILES string of the molecule is CC(C)C(CCN)C(=O)NCC12CC3CC(C1)CC(CNC1=NCC(O)CN1)(C3)C2. The van der Waals surface area contributed by atoms with Gasteiger partial charge in [0.25, 0.3) is 0 Å². The molecule has 4 aliphatic carbocycles. The second-order valence-electron chi connectivity index (χ2n) is 11.2. The van der Waals surface area contributed by atoms with Crippen LogP contribution in [0, 0.1) is 34.5 Å². The highest BCUT2D eigenvalue weighted by molar-refractivity contribution is 5.80. The Morgan fingerprint density at radius 3 is 2.47 bits per heavy atom. The van der Waals surface area contributed by atoms with E-state index in [1.54, 1.807) is 0 Å². The maximum absolute atomic E-state index is 12.9. The van der Waals surface area contributed by atoms with E-state index in [1.165, 1.54) is 38.5 Å². The predicted octanol–water partition coefficient (Wildman–Crippen LogP) is 1.22. The standard InChI is InChI=1S/C23H41N5O2/c1-15(2)19(3-4-24)20(30)27-13-22-6-16-5-17(7-22)9-23(8-16,12-22)14-28-21-25-10-18(29)11-26-21/h15-19,29H,3-14,24H2,1-2H3,(H,27,30)(H2,25,26,28). The topological polar surface area (TPSA) is 112 Å². The summed E-state index contributed by atoms with van der Waals surface area (Å²) in [4.78, 5) is 17.3. The number of aliphatic hydroxyl groups is 1. The number of carbonyl (C=O) groups is 1. The molecule has 7 nitrogen and oxygen atoms in total. The fourth-order valence-corrected chi connectivity index (χ4v) is 7.34. The highest BCUT2D eigenvalue weighted by Crippen LogP contribution is 2.64. The Kier molecular flexibility index (Phi) is 6.31. The van der Waals surface area contributed by atoms with Crippen molar-refractivity contribution in [1.29, 1.82) is 0 Å². The average Bonchev–Trinajstić information content (AvgIpc) is 2.69. The number of nitrogens with one attached hydrogen (secondary N) is 3. The summed E-state index contributed by atoms with van der Waals surface area (Å²) in [5.41, 5.74) is 6.31. The van der Waals surface area contributed by atoms with Crippen LogP contribution in [0.15, 0.2) is 4.99 Å². The molecule has 0 radical (unpaired) electrons. The van der Waals surface area contributed by atoms with Crippen molar-refractivity contribution in [3.05, 3.63) is 0 Å². The molecule has 4 unspecified atom stereocenters. The van der Waals surface area contributed by atoms with E-state index in [-0.39, 0.29) is 23.3 Å². The van der Waals surface area contributed by atoms with Crippen LogP contribution < -0.4 is 21.7 Å². The third-order valence-corrected chi connectivity index (χ3v) is 8.16. The van der Waals surface area contributed by atoms with Crippen LogP contribution in [0.25, 0.3) is 0 Å². The van der Waals surface area contributed by atoms with Crippen LogP contribution >= 0.6 is 0 Å². The Morgan fingerprint density at radius 1 is 1.23 bits per heavy atom. The highest BCUT2D eigenvalue weighted by Gasteiger charge is 2.57. The fourth-order valence-electron chi connectivity index (χ4n) is 7.34. The van der Waals surface area contributed by atoms with Gasteiger partial charge in [-0.3, -0.25) is 9.79 Å². The maximum atomic E-state index is 12.9.